The molecule has 1 atom stereocenters. The Morgan fingerprint density at radius 2 is 2.08 bits per heavy atom. The first-order valence-electron chi connectivity index (χ1n) is 8.14. The van der Waals surface area contributed by atoms with E-state index in [0.29, 0.717) is 19.1 Å². The summed E-state index contributed by atoms with van der Waals surface area (Å²) in [6, 6.07) is 5.70. The standard InChI is InChI=1S/C17H22F2N4O/c1-13-11-21(6-7-22(13)8-9-24)12-15-4-5-23(20-15)17-3-2-14(18)10-16(17)19/h2-5,10,13,24H,6-9,11-12H2,1H3/t13-/m1/s1. The van der Waals surface area contributed by atoms with Crippen LogP contribution < -0.4 is 0 Å². The summed E-state index contributed by atoms with van der Waals surface area (Å²) in [7, 11) is 0. The maximum Gasteiger partial charge on any atom is 0.151 e. The van der Waals surface area contributed by atoms with E-state index in [1.165, 1.54) is 16.8 Å². The summed E-state index contributed by atoms with van der Waals surface area (Å²) in [5.74, 6) is -1.23. The Morgan fingerprint density at radius 3 is 2.79 bits per heavy atom. The molecule has 130 valence electrons. The molecular formula is C17H22F2N4O. The second-order valence-corrected chi connectivity index (χ2v) is 6.19. The lowest BCUT2D eigenvalue weighted by Gasteiger charge is -2.39. The largest absolute Gasteiger partial charge is 0.395 e. The van der Waals surface area contributed by atoms with E-state index in [2.05, 4.69) is 21.8 Å². The Balaban J connectivity index is 1.64. The van der Waals surface area contributed by atoms with Gasteiger partial charge < -0.3 is 5.11 Å². The molecule has 7 heteroatoms. The van der Waals surface area contributed by atoms with Crippen LogP contribution in [-0.2, 0) is 6.54 Å². The number of piperazine rings is 1. The number of benzene rings is 1. The van der Waals surface area contributed by atoms with Crippen LogP contribution in [0.2, 0.25) is 0 Å². The van der Waals surface area contributed by atoms with E-state index in [-0.39, 0.29) is 12.3 Å². The van der Waals surface area contributed by atoms with Gasteiger partial charge in [-0.3, -0.25) is 9.80 Å². The highest BCUT2D eigenvalue weighted by Gasteiger charge is 2.23. The fourth-order valence-electron chi connectivity index (χ4n) is 3.15. The highest BCUT2D eigenvalue weighted by atomic mass is 19.1. The molecular weight excluding hydrogens is 314 g/mol. The van der Waals surface area contributed by atoms with Crippen molar-refractivity contribution in [2.45, 2.75) is 19.5 Å². The third-order valence-electron chi connectivity index (χ3n) is 4.42. The van der Waals surface area contributed by atoms with E-state index >= 15 is 0 Å². The Kier molecular flexibility index (Phi) is 5.23. The molecule has 24 heavy (non-hydrogen) atoms. The number of rotatable bonds is 5. The number of aromatic nitrogens is 2. The summed E-state index contributed by atoms with van der Waals surface area (Å²) in [6.45, 7) is 6.43. The van der Waals surface area contributed by atoms with E-state index in [1.54, 1.807) is 6.20 Å². The van der Waals surface area contributed by atoms with Crippen molar-refractivity contribution >= 4 is 0 Å². The minimum absolute atomic E-state index is 0.179. The quantitative estimate of drug-likeness (QED) is 0.902. The van der Waals surface area contributed by atoms with Crippen molar-refractivity contribution in [2.75, 3.05) is 32.8 Å². The van der Waals surface area contributed by atoms with Crippen LogP contribution in [0.3, 0.4) is 0 Å². The van der Waals surface area contributed by atoms with Gasteiger partial charge in [0.1, 0.15) is 11.5 Å². The zero-order valence-corrected chi connectivity index (χ0v) is 13.7. The molecule has 5 nitrogen and oxygen atoms in total. The molecule has 0 unspecified atom stereocenters. The van der Waals surface area contributed by atoms with E-state index < -0.39 is 11.6 Å². The van der Waals surface area contributed by atoms with E-state index in [0.717, 1.165) is 31.4 Å². The first-order chi connectivity index (χ1) is 11.6. The monoisotopic (exact) mass is 336 g/mol. The number of hydrogen-bond acceptors (Lipinski definition) is 4. The molecule has 1 aliphatic rings. The number of aliphatic hydroxyl groups excluding tert-OH is 1. The number of hydrogen-bond donors (Lipinski definition) is 1. The molecule has 1 N–H and O–H groups in total. The van der Waals surface area contributed by atoms with Gasteiger partial charge in [-0.2, -0.15) is 5.10 Å². The predicted molar refractivity (Wildman–Crippen MR) is 86.9 cm³/mol. The fraction of sp³-hybridized carbons (Fsp3) is 0.471. The van der Waals surface area contributed by atoms with Crippen LogP contribution in [0, 0.1) is 11.6 Å². The number of β-amino-alcohol motifs (C(OH)–C–C–N with tert-alkyl or cyclic N) is 1. The van der Waals surface area contributed by atoms with Gasteiger partial charge >= 0.3 is 0 Å². The second-order valence-electron chi connectivity index (χ2n) is 6.19. The minimum atomic E-state index is -0.629. The summed E-state index contributed by atoms with van der Waals surface area (Å²) in [5, 5.41) is 13.5. The minimum Gasteiger partial charge on any atom is -0.395 e. The topological polar surface area (TPSA) is 44.5 Å². The molecule has 0 radical (unpaired) electrons. The molecule has 2 aromatic rings. The number of aliphatic hydroxyl groups is 1. The van der Waals surface area contributed by atoms with E-state index in [4.69, 9.17) is 5.11 Å². The van der Waals surface area contributed by atoms with Gasteiger partial charge in [-0.05, 0) is 25.1 Å². The van der Waals surface area contributed by atoms with Crippen molar-refractivity contribution < 1.29 is 13.9 Å². The van der Waals surface area contributed by atoms with Gasteiger partial charge in [-0.15, -0.1) is 0 Å². The van der Waals surface area contributed by atoms with Crippen LogP contribution in [0.15, 0.2) is 30.5 Å². The first kappa shape index (κ1) is 17.0. The average molecular weight is 336 g/mol. The highest BCUT2D eigenvalue weighted by molar-refractivity contribution is 5.33. The zero-order valence-electron chi connectivity index (χ0n) is 13.7. The molecule has 1 fully saturated rings. The van der Waals surface area contributed by atoms with Crippen LogP contribution in [0.25, 0.3) is 5.69 Å². The lowest BCUT2D eigenvalue weighted by molar-refractivity contribution is 0.0641. The Morgan fingerprint density at radius 1 is 1.25 bits per heavy atom. The van der Waals surface area contributed by atoms with Gasteiger partial charge in [0.05, 0.1) is 12.3 Å². The Labute approximate surface area is 140 Å². The summed E-state index contributed by atoms with van der Waals surface area (Å²) in [5.41, 5.74) is 1.09. The zero-order chi connectivity index (χ0) is 17.1. The van der Waals surface area contributed by atoms with Gasteiger partial charge in [0.25, 0.3) is 0 Å². The first-order valence-corrected chi connectivity index (χ1v) is 8.14. The van der Waals surface area contributed by atoms with Gasteiger partial charge in [0.15, 0.2) is 5.82 Å². The summed E-state index contributed by atoms with van der Waals surface area (Å²) in [4.78, 5) is 4.56. The molecule has 1 aromatic heterocycles. The third-order valence-corrected chi connectivity index (χ3v) is 4.42. The van der Waals surface area contributed by atoms with Gasteiger partial charge in [0, 0.05) is 51.0 Å². The van der Waals surface area contributed by atoms with Crippen LogP contribution in [-0.4, -0.2) is 63.5 Å². The molecule has 0 aliphatic carbocycles. The maximum absolute atomic E-state index is 13.8. The molecule has 0 saturated carbocycles. The summed E-state index contributed by atoms with van der Waals surface area (Å²) >= 11 is 0. The fourth-order valence-corrected chi connectivity index (χ4v) is 3.15. The molecule has 1 saturated heterocycles. The smallest absolute Gasteiger partial charge is 0.151 e. The lowest BCUT2D eigenvalue weighted by Crippen LogP contribution is -2.52. The van der Waals surface area contributed by atoms with Crippen LogP contribution in [0.5, 0.6) is 0 Å². The molecule has 1 aliphatic heterocycles. The molecule has 0 spiro atoms. The van der Waals surface area contributed by atoms with E-state index in [9.17, 15) is 8.78 Å². The average Bonchev–Trinajstić information content (AvgIpc) is 2.98. The van der Waals surface area contributed by atoms with Crippen molar-refractivity contribution in [2.24, 2.45) is 0 Å². The lowest BCUT2D eigenvalue weighted by atomic mass is 10.2. The van der Waals surface area contributed by atoms with Crippen LogP contribution in [0.4, 0.5) is 8.78 Å². The summed E-state index contributed by atoms with van der Waals surface area (Å²) in [6.07, 6.45) is 1.69. The van der Waals surface area contributed by atoms with Gasteiger partial charge in [0.2, 0.25) is 0 Å². The van der Waals surface area contributed by atoms with Crippen LogP contribution >= 0.6 is 0 Å². The highest BCUT2D eigenvalue weighted by Crippen LogP contribution is 2.16. The summed E-state index contributed by atoms with van der Waals surface area (Å²) < 4.78 is 28.3. The van der Waals surface area contributed by atoms with E-state index in [1.807, 2.05) is 6.07 Å². The van der Waals surface area contributed by atoms with Crippen LogP contribution in [0.1, 0.15) is 12.6 Å². The molecule has 0 amide bonds. The molecule has 0 bridgehead atoms. The number of halogens is 2. The molecule has 2 heterocycles. The van der Waals surface area contributed by atoms with Gasteiger partial charge in [-0.25, -0.2) is 13.5 Å². The third kappa shape index (κ3) is 3.80. The predicted octanol–water partition coefficient (Wildman–Crippen LogP) is 1.65. The van der Waals surface area contributed by atoms with Gasteiger partial charge in [-0.1, -0.05) is 0 Å². The second kappa shape index (κ2) is 7.38. The van der Waals surface area contributed by atoms with Crippen molar-refractivity contribution in [1.82, 2.24) is 19.6 Å². The normalized spacial score (nSPS) is 19.8. The Hall–Kier alpha value is -1.83. The SMILES string of the molecule is C[C@@H]1CN(Cc2ccn(-c3ccc(F)cc3F)n2)CCN1CCO. The maximum atomic E-state index is 13.8. The van der Waals surface area contributed by atoms with Crippen molar-refractivity contribution in [3.8, 4) is 5.69 Å². The molecule has 3 rings (SSSR count). The van der Waals surface area contributed by atoms with Crippen molar-refractivity contribution in [1.29, 1.82) is 0 Å². The van der Waals surface area contributed by atoms with Crippen molar-refractivity contribution in [3.63, 3.8) is 0 Å². The molecule has 1 aromatic carbocycles. The Bertz CT molecular complexity index is 691. The number of nitrogens with zero attached hydrogens (tertiary/aromatic N) is 4. The van der Waals surface area contributed by atoms with Crippen molar-refractivity contribution in [3.05, 3.63) is 47.8 Å².